The van der Waals surface area contributed by atoms with Crippen molar-refractivity contribution < 1.29 is 23.6 Å². The molecule has 0 atom stereocenters. The molecule has 0 saturated heterocycles. The molecule has 152 valence electrons. The number of esters is 1. The molecule has 0 saturated carbocycles. The zero-order valence-electron chi connectivity index (χ0n) is 15.7. The average molecular weight is 427 g/mol. The van der Waals surface area contributed by atoms with Gasteiger partial charge in [0.25, 0.3) is 5.91 Å². The van der Waals surface area contributed by atoms with Gasteiger partial charge in [0.2, 0.25) is 11.7 Å². The molecule has 0 aliphatic heterocycles. The number of halogens is 1. The molecule has 0 spiro atoms. The van der Waals surface area contributed by atoms with Crippen LogP contribution in [0.4, 0.5) is 5.69 Å². The van der Waals surface area contributed by atoms with Crippen LogP contribution in [-0.2, 0) is 16.1 Å². The first kappa shape index (κ1) is 20.8. The molecule has 1 N–H and O–H groups in total. The number of amides is 1. The predicted molar refractivity (Wildman–Crippen MR) is 105 cm³/mol. The van der Waals surface area contributed by atoms with E-state index in [9.17, 15) is 9.59 Å². The molecule has 3 aromatic rings. The van der Waals surface area contributed by atoms with E-state index in [1.165, 1.54) is 30.3 Å². The minimum Gasteiger partial charge on any atom is -0.485 e. The minimum absolute atomic E-state index is 0.126. The molecule has 0 fully saturated rings. The summed E-state index contributed by atoms with van der Waals surface area (Å²) >= 11 is 5.91. The van der Waals surface area contributed by atoms with Gasteiger partial charge in [0, 0.05) is 12.6 Å². The van der Waals surface area contributed by atoms with Crippen molar-refractivity contribution in [1.29, 1.82) is 5.26 Å². The highest BCUT2D eigenvalue weighted by molar-refractivity contribution is 6.32. The topological polar surface area (TPSA) is 127 Å². The molecule has 9 nitrogen and oxygen atoms in total. The van der Waals surface area contributed by atoms with Crippen LogP contribution in [0, 0.1) is 18.3 Å². The zero-order chi connectivity index (χ0) is 21.5. The number of hydrogen-bond donors (Lipinski definition) is 1. The average Bonchev–Trinajstić information content (AvgIpc) is 3.16. The summed E-state index contributed by atoms with van der Waals surface area (Å²) in [6.07, 6.45) is 0. The number of carbonyl (C=O) groups excluding carboxylic acids is 2. The molecule has 3 rings (SSSR count). The standard InChI is InChI=1S/C20H15ClN4O5/c1-12-23-18(25-30-12)10-28-16-6-3-13(4-7-16)20(27)29-11-19(26)24-15-5-2-14(9-22)17(21)8-15/h2-8H,10-11H2,1H3,(H,24,26). The number of rotatable bonds is 7. The Labute approximate surface area is 176 Å². The van der Waals surface area contributed by atoms with E-state index in [4.69, 9.17) is 30.9 Å². The SMILES string of the molecule is Cc1nc(COc2ccc(C(=O)OCC(=O)Nc3ccc(C#N)c(Cl)c3)cc2)no1. The Hall–Kier alpha value is -3.90. The number of aryl methyl sites for hydroxylation is 1. The third-order valence-corrected chi connectivity index (χ3v) is 4.05. The smallest absolute Gasteiger partial charge is 0.338 e. The van der Waals surface area contributed by atoms with Crippen molar-refractivity contribution in [2.24, 2.45) is 0 Å². The maximum absolute atomic E-state index is 12.1. The van der Waals surface area contributed by atoms with Gasteiger partial charge in [-0.1, -0.05) is 16.8 Å². The van der Waals surface area contributed by atoms with E-state index < -0.39 is 18.5 Å². The third kappa shape index (κ3) is 5.56. The number of aromatic nitrogens is 2. The van der Waals surface area contributed by atoms with Crippen molar-refractivity contribution in [1.82, 2.24) is 10.1 Å². The van der Waals surface area contributed by atoms with Gasteiger partial charge in [0.05, 0.1) is 16.1 Å². The van der Waals surface area contributed by atoms with E-state index in [1.54, 1.807) is 19.1 Å². The minimum atomic E-state index is -0.664. The highest BCUT2D eigenvalue weighted by Crippen LogP contribution is 2.20. The maximum Gasteiger partial charge on any atom is 0.338 e. The van der Waals surface area contributed by atoms with Crippen LogP contribution in [0.5, 0.6) is 5.75 Å². The Morgan fingerprint density at radius 3 is 2.63 bits per heavy atom. The number of nitrogens with one attached hydrogen (secondary N) is 1. The number of hydrogen-bond acceptors (Lipinski definition) is 8. The summed E-state index contributed by atoms with van der Waals surface area (Å²) in [7, 11) is 0. The van der Waals surface area contributed by atoms with Crippen LogP contribution < -0.4 is 10.1 Å². The summed E-state index contributed by atoms with van der Waals surface area (Å²) in [5.74, 6) is 0.149. The molecule has 10 heteroatoms. The fourth-order valence-electron chi connectivity index (χ4n) is 2.33. The quantitative estimate of drug-likeness (QED) is 0.570. The summed E-state index contributed by atoms with van der Waals surface area (Å²) in [6.45, 7) is 1.32. The molecule has 0 unspecified atom stereocenters. The number of carbonyl (C=O) groups is 2. The molecule has 0 radical (unpaired) electrons. The van der Waals surface area contributed by atoms with Crippen LogP contribution in [0.2, 0.25) is 5.02 Å². The number of ether oxygens (including phenoxy) is 2. The second-order valence-corrected chi connectivity index (χ2v) is 6.38. The van der Waals surface area contributed by atoms with E-state index in [-0.39, 0.29) is 17.2 Å². The van der Waals surface area contributed by atoms with Crippen molar-refractivity contribution in [3.8, 4) is 11.8 Å². The third-order valence-electron chi connectivity index (χ3n) is 3.74. The first-order valence-electron chi connectivity index (χ1n) is 8.63. The fraction of sp³-hybridized carbons (Fsp3) is 0.150. The lowest BCUT2D eigenvalue weighted by molar-refractivity contribution is -0.119. The summed E-state index contributed by atoms with van der Waals surface area (Å²) in [6, 6.07) is 12.6. The lowest BCUT2D eigenvalue weighted by Gasteiger charge is -2.08. The zero-order valence-corrected chi connectivity index (χ0v) is 16.5. The van der Waals surface area contributed by atoms with Gasteiger partial charge >= 0.3 is 5.97 Å². The molecular formula is C20H15ClN4O5. The number of benzene rings is 2. The highest BCUT2D eigenvalue weighted by Gasteiger charge is 2.12. The van der Waals surface area contributed by atoms with E-state index >= 15 is 0 Å². The van der Waals surface area contributed by atoms with Crippen LogP contribution in [0.15, 0.2) is 47.0 Å². The van der Waals surface area contributed by atoms with Crippen molar-refractivity contribution >= 4 is 29.2 Å². The summed E-state index contributed by atoms with van der Waals surface area (Å²) in [5.41, 5.74) is 0.936. The van der Waals surface area contributed by atoms with Crippen LogP contribution >= 0.6 is 11.6 Å². The molecule has 0 aliphatic carbocycles. The van der Waals surface area contributed by atoms with Crippen LogP contribution in [-0.4, -0.2) is 28.6 Å². The lowest BCUT2D eigenvalue weighted by Crippen LogP contribution is -2.20. The van der Waals surface area contributed by atoms with Crippen LogP contribution in [0.25, 0.3) is 0 Å². The van der Waals surface area contributed by atoms with Gasteiger partial charge in [-0.15, -0.1) is 0 Å². The molecule has 1 aromatic heterocycles. The molecule has 0 bridgehead atoms. The Morgan fingerprint density at radius 2 is 2.00 bits per heavy atom. The van der Waals surface area contributed by atoms with Gasteiger partial charge in [0.15, 0.2) is 13.2 Å². The Kier molecular flexibility index (Phi) is 6.62. The normalized spacial score (nSPS) is 10.2. The van der Waals surface area contributed by atoms with Gasteiger partial charge in [-0.25, -0.2) is 4.79 Å². The molecule has 2 aromatic carbocycles. The molecule has 0 aliphatic rings. The molecule has 1 amide bonds. The largest absolute Gasteiger partial charge is 0.485 e. The van der Waals surface area contributed by atoms with Gasteiger partial charge < -0.3 is 19.3 Å². The van der Waals surface area contributed by atoms with E-state index in [0.29, 0.717) is 28.7 Å². The van der Waals surface area contributed by atoms with E-state index in [2.05, 4.69) is 15.5 Å². The number of anilines is 1. The van der Waals surface area contributed by atoms with Crippen molar-refractivity contribution in [3.05, 3.63) is 70.3 Å². The number of nitrogens with zero attached hydrogens (tertiary/aromatic N) is 3. The van der Waals surface area contributed by atoms with Gasteiger partial charge in [-0.05, 0) is 42.5 Å². The Balaban J connectivity index is 1.47. The summed E-state index contributed by atoms with van der Waals surface area (Å²) in [4.78, 5) is 28.1. The Morgan fingerprint density at radius 1 is 1.23 bits per heavy atom. The first-order chi connectivity index (χ1) is 14.4. The summed E-state index contributed by atoms with van der Waals surface area (Å²) in [5, 5.41) is 15.3. The van der Waals surface area contributed by atoms with Gasteiger partial charge in [0.1, 0.15) is 11.8 Å². The van der Waals surface area contributed by atoms with Crippen molar-refractivity contribution in [2.45, 2.75) is 13.5 Å². The maximum atomic E-state index is 12.1. The fourth-order valence-corrected chi connectivity index (χ4v) is 2.55. The van der Waals surface area contributed by atoms with Crippen LogP contribution in [0.3, 0.4) is 0 Å². The van der Waals surface area contributed by atoms with E-state index in [0.717, 1.165) is 0 Å². The first-order valence-corrected chi connectivity index (χ1v) is 9.01. The lowest BCUT2D eigenvalue weighted by atomic mass is 10.2. The van der Waals surface area contributed by atoms with Gasteiger partial charge in [-0.3, -0.25) is 4.79 Å². The predicted octanol–water partition coefficient (Wildman–Crippen LogP) is 3.28. The van der Waals surface area contributed by atoms with Crippen LogP contribution in [0.1, 0.15) is 27.6 Å². The number of nitriles is 1. The second kappa shape index (κ2) is 9.54. The second-order valence-electron chi connectivity index (χ2n) is 5.97. The molecule has 1 heterocycles. The molecular weight excluding hydrogens is 412 g/mol. The Bertz CT molecular complexity index is 1110. The monoisotopic (exact) mass is 426 g/mol. The molecule has 30 heavy (non-hydrogen) atoms. The summed E-state index contributed by atoms with van der Waals surface area (Å²) < 4.78 is 15.3. The van der Waals surface area contributed by atoms with Crippen molar-refractivity contribution in [3.63, 3.8) is 0 Å². The highest BCUT2D eigenvalue weighted by atomic mass is 35.5. The van der Waals surface area contributed by atoms with Crippen molar-refractivity contribution in [2.75, 3.05) is 11.9 Å². The van der Waals surface area contributed by atoms with E-state index in [1.807, 2.05) is 6.07 Å². The van der Waals surface area contributed by atoms with Gasteiger partial charge in [-0.2, -0.15) is 10.2 Å².